The minimum absolute atomic E-state index is 0.257. The summed E-state index contributed by atoms with van der Waals surface area (Å²) < 4.78 is 10.6. The van der Waals surface area contributed by atoms with Crippen molar-refractivity contribution >= 4 is 11.9 Å². The van der Waals surface area contributed by atoms with Gasteiger partial charge in [-0.15, -0.1) is 0 Å². The molecule has 0 aromatic heterocycles. The largest absolute Gasteiger partial charge is 0.423 e. The molecule has 0 aromatic carbocycles. The van der Waals surface area contributed by atoms with Crippen molar-refractivity contribution in [1.82, 2.24) is 0 Å². The first-order valence-electron chi connectivity index (χ1n) is 11.2. The van der Waals surface area contributed by atoms with E-state index in [4.69, 9.17) is 9.47 Å². The monoisotopic (exact) mass is 418 g/mol. The Morgan fingerprint density at radius 3 is 1.30 bits per heavy atom. The molecule has 4 nitrogen and oxygen atoms in total. The average Bonchev–Trinajstić information content (AvgIpc) is 2.65. The Morgan fingerprint density at radius 1 is 0.700 bits per heavy atom. The smallest absolute Gasteiger partial charge is 0.422 e. The van der Waals surface area contributed by atoms with Crippen molar-refractivity contribution < 1.29 is 19.1 Å². The molecule has 4 heteroatoms. The van der Waals surface area contributed by atoms with E-state index in [1.807, 2.05) is 26.0 Å². The Bertz CT molecular complexity index is 599. The van der Waals surface area contributed by atoms with Crippen molar-refractivity contribution in [3.05, 3.63) is 47.0 Å². The van der Waals surface area contributed by atoms with Gasteiger partial charge in [-0.05, 0) is 77.4 Å². The molecule has 0 heterocycles. The summed E-state index contributed by atoms with van der Waals surface area (Å²) in [6.45, 7) is 16.3. The Morgan fingerprint density at radius 2 is 1.03 bits per heavy atom. The van der Waals surface area contributed by atoms with Crippen molar-refractivity contribution in [2.24, 2.45) is 11.8 Å². The van der Waals surface area contributed by atoms with Gasteiger partial charge in [0.05, 0.1) is 0 Å². The van der Waals surface area contributed by atoms with Gasteiger partial charge in [0.25, 0.3) is 0 Å². The standard InChI is InChI=1S/C26H42O4/c1-9-23(17-21(7)15-11-13-19(3)4)29-25(27)26(28)30-24(10-2)18-22(8)16-12-14-20(5)6/h13-14,17-18,21-22H,9-12,15-16H2,1-8H3/b23-17+,24-18+. The van der Waals surface area contributed by atoms with Gasteiger partial charge < -0.3 is 9.47 Å². The number of ether oxygens (including phenoxy) is 2. The molecule has 0 fully saturated rings. The zero-order valence-electron chi connectivity index (χ0n) is 20.3. The number of carbonyl (C=O) groups is 2. The van der Waals surface area contributed by atoms with Gasteiger partial charge in [0.2, 0.25) is 0 Å². The molecule has 0 aliphatic carbocycles. The fraction of sp³-hybridized carbons (Fsp3) is 0.615. The van der Waals surface area contributed by atoms with Crippen LogP contribution in [-0.2, 0) is 19.1 Å². The highest BCUT2D eigenvalue weighted by Gasteiger charge is 2.21. The Kier molecular flexibility index (Phi) is 14.6. The highest BCUT2D eigenvalue weighted by Crippen LogP contribution is 2.17. The molecular weight excluding hydrogens is 376 g/mol. The third-order valence-corrected chi connectivity index (χ3v) is 4.60. The number of allylic oxidation sites excluding steroid dienone is 8. The average molecular weight is 419 g/mol. The van der Waals surface area contributed by atoms with Gasteiger partial charge in [-0.1, -0.05) is 51.0 Å². The Balaban J connectivity index is 4.81. The van der Waals surface area contributed by atoms with E-state index in [1.165, 1.54) is 11.1 Å². The van der Waals surface area contributed by atoms with Gasteiger partial charge in [-0.2, -0.15) is 0 Å². The Hall–Kier alpha value is -2.10. The lowest BCUT2D eigenvalue weighted by atomic mass is 10.0. The highest BCUT2D eigenvalue weighted by molar-refractivity contribution is 6.30. The van der Waals surface area contributed by atoms with Crippen molar-refractivity contribution in [2.75, 3.05) is 0 Å². The van der Waals surface area contributed by atoms with Crippen LogP contribution >= 0.6 is 0 Å². The fourth-order valence-electron chi connectivity index (χ4n) is 2.84. The first-order chi connectivity index (χ1) is 14.1. The molecule has 2 unspecified atom stereocenters. The van der Waals surface area contributed by atoms with Gasteiger partial charge >= 0.3 is 11.9 Å². The van der Waals surface area contributed by atoms with Gasteiger partial charge in [-0.3, -0.25) is 0 Å². The van der Waals surface area contributed by atoms with Crippen LogP contribution in [0.15, 0.2) is 47.0 Å². The van der Waals surface area contributed by atoms with Gasteiger partial charge in [0, 0.05) is 12.8 Å². The van der Waals surface area contributed by atoms with Crippen LogP contribution in [0.1, 0.15) is 93.9 Å². The van der Waals surface area contributed by atoms with Crippen LogP contribution in [0.2, 0.25) is 0 Å². The number of carbonyl (C=O) groups excluding carboxylic acids is 2. The van der Waals surface area contributed by atoms with E-state index >= 15 is 0 Å². The zero-order valence-corrected chi connectivity index (χ0v) is 20.3. The van der Waals surface area contributed by atoms with Crippen LogP contribution < -0.4 is 0 Å². The molecule has 0 aliphatic heterocycles. The molecule has 2 atom stereocenters. The summed E-state index contributed by atoms with van der Waals surface area (Å²) in [5, 5.41) is 0. The first kappa shape index (κ1) is 27.9. The van der Waals surface area contributed by atoms with Gasteiger partial charge in [0.15, 0.2) is 0 Å². The van der Waals surface area contributed by atoms with Crippen molar-refractivity contribution in [3.63, 3.8) is 0 Å². The Labute approximate surface area is 184 Å². The van der Waals surface area contributed by atoms with Crippen molar-refractivity contribution in [3.8, 4) is 0 Å². The van der Waals surface area contributed by atoms with Crippen LogP contribution in [0.5, 0.6) is 0 Å². The lowest BCUT2D eigenvalue weighted by Gasteiger charge is -2.12. The topological polar surface area (TPSA) is 52.6 Å². The molecule has 0 aliphatic rings. The molecule has 0 spiro atoms. The molecule has 0 N–H and O–H groups in total. The third kappa shape index (κ3) is 14.0. The molecule has 0 radical (unpaired) electrons. The number of hydrogen-bond acceptors (Lipinski definition) is 4. The molecule has 0 amide bonds. The maximum absolute atomic E-state index is 12.2. The molecule has 0 saturated carbocycles. The molecule has 30 heavy (non-hydrogen) atoms. The van der Waals surface area contributed by atoms with E-state index < -0.39 is 11.9 Å². The second-order valence-corrected chi connectivity index (χ2v) is 8.42. The lowest BCUT2D eigenvalue weighted by molar-refractivity contribution is -0.162. The maximum atomic E-state index is 12.2. The summed E-state index contributed by atoms with van der Waals surface area (Å²) in [5.41, 5.74) is 2.59. The second kappa shape index (κ2) is 15.7. The van der Waals surface area contributed by atoms with E-state index in [0.29, 0.717) is 24.4 Å². The minimum atomic E-state index is -0.962. The van der Waals surface area contributed by atoms with E-state index in [1.54, 1.807) is 0 Å². The summed E-state index contributed by atoms with van der Waals surface area (Å²) in [7, 11) is 0. The van der Waals surface area contributed by atoms with E-state index in [2.05, 4.69) is 53.7 Å². The minimum Gasteiger partial charge on any atom is -0.423 e. The normalized spacial score (nSPS) is 13.9. The summed E-state index contributed by atoms with van der Waals surface area (Å²) in [4.78, 5) is 24.4. The van der Waals surface area contributed by atoms with E-state index in [0.717, 1.165) is 25.7 Å². The molecule has 0 rings (SSSR count). The maximum Gasteiger partial charge on any atom is 0.422 e. The molecule has 0 saturated heterocycles. The van der Waals surface area contributed by atoms with Gasteiger partial charge in [0.1, 0.15) is 11.5 Å². The summed E-state index contributed by atoms with van der Waals surface area (Å²) in [5.74, 6) is -0.385. The SMILES string of the molecule is CC/C(=C\C(C)CCC=C(C)C)OC(=O)C(=O)O/C(=C/C(C)CCC=C(C)C)CC. The quantitative estimate of drug-likeness (QED) is 0.143. The second-order valence-electron chi connectivity index (χ2n) is 8.42. The first-order valence-corrected chi connectivity index (χ1v) is 11.2. The van der Waals surface area contributed by atoms with Crippen molar-refractivity contribution in [1.29, 1.82) is 0 Å². The molecule has 170 valence electrons. The zero-order chi connectivity index (χ0) is 23.1. The summed E-state index contributed by atoms with van der Waals surface area (Å²) in [6.07, 6.45) is 13.2. The summed E-state index contributed by atoms with van der Waals surface area (Å²) in [6, 6.07) is 0. The van der Waals surface area contributed by atoms with Crippen molar-refractivity contribution in [2.45, 2.75) is 93.9 Å². The number of esters is 2. The van der Waals surface area contributed by atoms with E-state index in [-0.39, 0.29) is 11.8 Å². The molecule has 0 bridgehead atoms. The predicted octanol–water partition coefficient (Wildman–Crippen LogP) is 7.43. The van der Waals surface area contributed by atoms with Crippen LogP contribution in [0, 0.1) is 11.8 Å². The lowest BCUT2D eigenvalue weighted by Crippen LogP contribution is -2.20. The van der Waals surface area contributed by atoms with Gasteiger partial charge in [-0.25, -0.2) is 9.59 Å². The van der Waals surface area contributed by atoms with Crippen LogP contribution in [0.25, 0.3) is 0 Å². The predicted molar refractivity (Wildman–Crippen MR) is 125 cm³/mol. The van der Waals surface area contributed by atoms with E-state index in [9.17, 15) is 9.59 Å². The van der Waals surface area contributed by atoms with Crippen LogP contribution in [-0.4, -0.2) is 11.9 Å². The molecule has 0 aromatic rings. The van der Waals surface area contributed by atoms with Crippen LogP contribution in [0.3, 0.4) is 0 Å². The molecular formula is C26H42O4. The van der Waals surface area contributed by atoms with Crippen LogP contribution in [0.4, 0.5) is 0 Å². The number of hydrogen-bond donors (Lipinski definition) is 0. The fourth-order valence-corrected chi connectivity index (χ4v) is 2.84. The highest BCUT2D eigenvalue weighted by atomic mass is 16.6. The third-order valence-electron chi connectivity index (χ3n) is 4.60. The number of rotatable bonds is 12. The summed E-state index contributed by atoms with van der Waals surface area (Å²) >= 11 is 0.